The molecule has 2 N–H and O–H groups in total. The second-order valence-electron chi connectivity index (χ2n) is 6.35. The second-order valence-corrected chi connectivity index (χ2v) is 9.62. The Bertz CT molecular complexity index is 1320. The molecule has 0 saturated carbocycles. The number of carbonyl (C=O) groups excluding carboxylic acids is 1. The Morgan fingerprint density at radius 3 is 2.29 bits per heavy atom. The highest BCUT2D eigenvalue weighted by Gasteiger charge is 2.22. The lowest BCUT2D eigenvalue weighted by Crippen LogP contribution is -2.13. The Labute approximate surface area is 187 Å². The van der Waals surface area contributed by atoms with Gasteiger partial charge in [0.05, 0.1) is 5.69 Å². The molecule has 10 heteroatoms. The van der Waals surface area contributed by atoms with E-state index in [4.69, 9.17) is 11.6 Å². The number of rotatable bonds is 6. The number of para-hydroxylation sites is 1. The zero-order chi connectivity index (χ0) is 21.8. The average Bonchev–Trinajstić information content (AvgIpc) is 3.24. The zero-order valence-corrected chi connectivity index (χ0v) is 18.2. The molecule has 7 nitrogen and oxygen atoms in total. The lowest BCUT2D eigenvalue weighted by atomic mass is 10.0. The van der Waals surface area contributed by atoms with Gasteiger partial charge in [-0.3, -0.25) is 14.8 Å². The van der Waals surface area contributed by atoms with E-state index in [0.717, 1.165) is 22.5 Å². The van der Waals surface area contributed by atoms with Crippen LogP contribution in [0.1, 0.15) is 10.4 Å². The predicted molar refractivity (Wildman–Crippen MR) is 122 cm³/mol. The minimum atomic E-state index is -4.00. The molecule has 4 aromatic rings. The van der Waals surface area contributed by atoms with Crippen molar-refractivity contribution in [3.8, 4) is 11.1 Å². The monoisotopic (exact) mass is 470 g/mol. The summed E-state index contributed by atoms with van der Waals surface area (Å²) in [6.45, 7) is 0. The van der Waals surface area contributed by atoms with Crippen LogP contribution in [0.15, 0.2) is 83.2 Å². The average molecular weight is 471 g/mol. The minimum Gasteiger partial charge on any atom is -0.296 e. The molecule has 0 aliphatic heterocycles. The highest BCUT2D eigenvalue weighted by Crippen LogP contribution is 2.30. The molecule has 3 aromatic carbocycles. The number of hydrogen-bond acceptors (Lipinski definition) is 6. The zero-order valence-electron chi connectivity index (χ0n) is 15.8. The first-order chi connectivity index (χ1) is 14.9. The molecule has 0 bridgehead atoms. The van der Waals surface area contributed by atoms with E-state index in [0.29, 0.717) is 16.3 Å². The van der Waals surface area contributed by atoms with Gasteiger partial charge >= 0.3 is 0 Å². The first kappa shape index (κ1) is 21.0. The van der Waals surface area contributed by atoms with E-state index in [1.54, 1.807) is 36.4 Å². The molecule has 0 radical (unpaired) electrons. The maximum absolute atomic E-state index is 12.9. The fraction of sp³-hybridized carbons (Fsp3) is 0. The number of anilines is 2. The number of nitrogens with one attached hydrogen (secondary N) is 2. The first-order valence-corrected chi connectivity index (χ1v) is 11.7. The molecule has 1 heterocycles. The molecule has 0 atom stereocenters. The van der Waals surface area contributed by atoms with E-state index in [2.05, 4.69) is 20.2 Å². The van der Waals surface area contributed by atoms with Crippen LogP contribution < -0.4 is 10.0 Å². The van der Waals surface area contributed by atoms with Crippen LogP contribution in [0.25, 0.3) is 11.1 Å². The van der Waals surface area contributed by atoms with E-state index in [-0.39, 0.29) is 9.47 Å². The maximum Gasteiger partial charge on any atom is 0.291 e. The maximum atomic E-state index is 12.9. The number of nitrogens with zero attached hydrogens (tertiary/aromatic N) is 2. The number of sulfonamides is 1. The van der Waals surface area contributed by atoms with Gasteiger partial charge in [-0.25, -0.2) is 0 Å². The standard InChI is InChI=1S/C21H15ClN4O3S2/c22-16-12-10-15(11-13-16)19(27)23-20-24-25-21(30-20)31(28,29)26-18-9-5-4-8-17(18)14-6-2-1-3-7-14/h1-13,26H,(H,23,24,27). The summed E-state index contributed by atoms with van der Waals surface area (Å²) in [5, 5.41) is 10.6. The Kier molecular flexibility index (Phi) is 5.99. The number of aromatic nitrogens is 2. The summed E-state index contributed by atoms with van der Waals surface area (Å²) >= 11 is 6.58. The SMILES string of the molecule is O=C(Nc1nnc(S(=O)(=O)Nc2ccccc2-c2ccccc2)s1)c1ccc(Cl)cc1. The van der Waals surface area contributed by atoms with Crippen molar-refractivity contribution in [3.63, 3.8) is 0 Å². The van der Waals surface area contributed by atoms with E-state index >= 15 is 0 Å². The molecule has 156 valence electrons. The molecule has 0 aliphatic rings. The molecule has 0 spiro atoms. The number of carbonyl (C=O) groups is 1. The summed E-state index contributed by atoms with van der Waals surface area (Å²) < 4.78 is 28.0. The Hall–Kier alpha value is -3.27. The third kappa shape index (κ3) is 4.91. The summed E-state index contributed by atoms with van der Waals surface area (Å²) in [6, 6.07) is 22.8. The summed E-state index contributed by atoms with van der Waals surface area (Å²) in [6.07, 6.45) is 0. The van der Waals surface area contributed by atoms with Crippen LogP contribution in [0.5, 0.6) is 0 Å². The second kappa shape index (κ2) is 8.84. The topological polar surface area (TPSA) is 101 Å². The van der Waals surface area contributed by atoms with Crippen LogP contribution in [0.2, 0.25) is 5.02 Å². The normalized spacial score (nSPS) is 11.1. The summed E-state index contributed by atoms with van der Waals surface area (Å²) in [7, 11) is -4.00. The van der Waals surface area contributed by atoms with Gasteiger partial charge in [0.25, 0.3) is 20.3 Å². The van der Waals surface area contributed by atoms with Gasteiger partial charge in [0, 0.05) is 16.1 Å². The molecule has 0 fully saturated rings. The van der Waals surface area contributed by atoms with Gasteiger partial charge in [-0.2, -0.15) is 8.42 Å². The van der Waals surface area contributed by atoms with Crippen LogP contribution in [-0.4, -0.2) is 24.5 Å². The predicted octanol–water partition coefficient (Wildman–Crippen LogP) is 4.91. The number of benzene rings is 3. The van der Waals surface area contributed by atoms with Gasteiger partial charge in [0.1, 0.15) is 0 Å². The van der Waals surface area contributed by atoms with Crippen LogP contribution in [-0.2, 0) is 10.0 Å². The van der Waals surface area contributed by atoms with Crippen molar-refractivity contribution in [1.82, 2.24) is 10.2 Å². The van der Waals surface area contributed by atoms with Crippen molar-refractivity contribution >= 4 is 49.7 Å². The van der Waals surface area contributed by atoms with Crippen LogP contribution in [0, 0.1) is 0 Å². The van der Waals surface area contributed by atoms with Crippen molar-refractivity contribution in [2.75, 3.05) is 10.0 Å². The molecule has 1 aromatic heterocycles. The molecule has 31 heavy (non-hydrogen) atoms. The van der Waals surface area contributed by atoms with E-state index in [1.165, 1.54) is 0 Å². The molecular formula is C21H15ClN4O3S2. The molecule has 0 unspecified atom stereocenters. The third-order valence-corrected chi connectivity index (χ3v) is 7.04. The highest BCUT2D eigenvalue weighted by molar-refractivity contribution is 7.94. The van der Waals surface area contributed by atoms with Crippen molar-refractivity contribution in [2.45, 2.75) is 4.34 Å². The van der Waals surface area contributed by atoms with Crippen LogP contribution >= 0.6 is 22.9 Å². The summed E-state index contributed by atoms with van der Waals surface area (Å²) in [5.41, 5.74) is 2.37. The Balaban J connectivity index is 1.54. The van der Waals surface area contributed by atoms with Gasteiger partial charge in [0.15, 0.2) is 0 Å². The summed E-state index contributed by atoms with van der Waals surface area (Å²) in [4.78, 5) is 12.3. The van der Waals surface area contributed by atoms with Crippen LogP contribution in [0.4, 0.5) is 10.8 Å². The quantitative estimate of drug-likeness (QED) is 0.390. The van der Waals surface area contributed by atoms with Crippen molar-refractivity contribution in [2.24, 2.45) is 0 Å². The highest BCUT2D eigenvalue weighted by atomic mass is 35.5. The van der Waals surface area contributed by atoms with Crippen molar-refractivity contribution in [1.29, 1.82) is 0 Å². The number of amides is 1. The summed E-state index contributed by atoms with van der Waals surface area (Å²) in [5.74, 6) is -0.445. The largest absolute Gasteiger partial charge is 0.296 e. The van der Waals surface area contributed by atoms with Crippen LogP contribution in [0.3, 0.4) is 0 Å². The Morgan fingerprint density at radius 1 is 0.871 bits per heavy atom. The number of hydrogen-bond donors (Lipinski definition) is 2. The van der Waals surface area contributed by atoms with Gasteiger partial charge < -0.3 is 0 Å². The first-order valence-electron chi connectivity index (χ1n) is 9.00. The molecule has 4 rings (SSSR count). The van der Waals surface area contributed by atoms with E-state index < -0.39 is 15.9 Å². The molecule has 0 saturated heterocycles. The fourth-order valence-electron chi connectivity index (χ4n) is 2.77. The minimum absolute atomic E-state index is 0.0664. The number of halogens is 1. The van der Waals surface area contributed by atoms with Gasteiger partial charge in [-0.05, 0) is 35.9 Å². The van der Waals surface area contributed by atoms with Crippen molar-refractivity contribution in [3.05, 3.63) is 89.4 Å². The molecular weight excluding hydrogens is 456 g/mol. The Morgan fingerprint density at radius 2 is 1.55 bits per heavy atom. The van der Waals surface area contributed by atoms with Gasteiger partial charge in [0.2, 0.25) is 5.13 Å². The van der Waals surface area contributed by atoms with Gasteiger partial charge in [-0.15, -0.1) is 10.2 Å². The van der Waals surface area contributed by atoms with Crippen molar-refractivity contribution < 1.29 is 13.2 Å². The van der Waals surface area contributed by atoms with E-state index in [9.17, 15) is 13.2 Å². The lowest BCUT2D eigenvalue weighted by Gasteiger charge is -2.11. The smallest absolute Gasteiger partial charge is 0.291 e. The fourth-order valence-corrected chi connectivity index (χ4v) is 4.87. The van der Waals surface area contributed by atoms with Gasteiger partial charge in [-0.1, -0.05) is 71.5 Å². The third-order valence-electron chi connectivity index (χ3n) is 4.22. The lowest BCUT2D eigenvalue weighted by molar-refractivity contribution is 0.102. The molecule has 1 amide bonds. The molecule has 0 aliphatic carbocycles. The van der Waals surface area contributed by atoms with E-state index in [1.807, 2.05) is 42.5 Å².